The van der Waals surface area contributed by atoms with Crippen molar-refractivity contribution in [3.8, 4) is 0 Å². The molecule has 0 aliphatic carbocycles. The first-order valence-corrected chi connectivity index (χ1v) is 10.2. The molecule has 2 aromatic rings. The molecule has 1 aliphatic rings. The third kappa shape index (κ3) is 5.23. The Kier molecular flexibility index (Phi) is 6.70. The van der Waals surface area contributed by atoms with E-state index in [1.54, 1.807) is 36.7 Å². The van der Waals surface area contributed by atoms with Crippen LogP contribution in [0.25, 0.3) is 6.08 Å². The van der Waals surface area contributed by atoms with Crippen molar-refractivity contribution >= 4 is 29.7 Å². The van der Waals surface area contributed by atoms with Gasteiger partial charge in [0.25, 0.3) is 5.91 Å². The van der Waals surface area contributed by atoms with Crippen molar-refractivity contribution in [2.24, 2.45) is 5.92 Å². The van der Waals surface area contributed by atoms with Gasteiger partial charge in [0.15, 0.2) is 0 Å². The predicted octanol–water partition coefficient (Wildman–Crippen LogP) is 3.08. The minimum absolute atomic E-state index is 0.0383. The van der Waals surface area contributed by atoms with E-state index >= 15 is 0 Å². The summed E-state index contributed by atoms with van der Waals surface area (Å²) < 4.78 is 5.16. The zero-order valence-electron chi connectivity index (χ0n) is 15.3. The Labute approximate surface area is 163 Å². The number of thioether (sulfide) groups is 1. The maximum atomic E-state index is 12.7. The van der Waals surface area contributed by atoms with Gasteiger partial charge < -0.3 is 14.6 Å². The molecule has 3 rings (SSSR count). The van der Waals surface area contributed by atoms with Crippen molar-refractivity contribution in [1.29, 1.82) is 0 Å². The van der Waals surface area contributed by atoms with Gasteiger partial charge in [0.05, 0.1) is 11.8 Å². The lowest BCUT2D eigenvalue weighted by atomic mass is 9.96. The molecule has 1 fully saturated rings. The van der Waals surface area contributed by atoms with Crippen LogP contribution < -0.4 is 5.32 Å². The van der Waals surface area contributed by atoms with Gasteiger partial charge in [0.1, 0.15) is 10.8 Å². The number of amides is 2. The van der Waals surface area contributed by atoms with Gasteiger partial charge in [0.2, 0.25) is 5.91 Å². The highest BCUT2D eigenvalue weighted by molar-refractivity contribution is 7.98. The van der Waals surface area contributed by atoms with E-state index in [4.69, 9.17) is 4.42 Å². The van der Waals surface area contributed by atoms with Crippen molar-refractivity contribution < 1.29 is 14.0 Å². The first kappa shape index (κ1) is 19.2. The third-order valence-electron chi connectivity index (χ3n) is 4.60. The highest BCUT2D eigenvalue weighted by Crippen LogP contribution is 2.22. The van der Waals surface area contributed by atoms with E-state index in [0.29, 0.717) is 36.9 Å². The summed E-state index contributed by atoms with van der Waals surface area (Å²) in [5, 5.41) is 3.69. The number of rotatable bonds is 6. The number of nitrogens with one attached hydrogen (secondary N) is 1. The van der Waals surface area contributed by atoms with Crippen molar-refractivity contribution in [2.75, 3.05) is 25.9 Å². The van der Waals surface area contributed by atoms with Crippen molar-refractivity contribution in [2.45, 2.75) is 17.9 Å². The Morgan fingerprint density at radius 3 is 2.85 bits per heavy atom. The molecule has 142 valence electrons. The van der Waals surface area contributed by atoms with E-state index in [1.807, 2.05) is 17.2 Å². The van der Waals surface area contributed by atoms with Gasteiger partial charge in [-0.1, -0.05) is 0 Å². The number of likely N-dealkylation sites (tertiary alicyclic amines) is 1. The van der Waals surface area contributed by atoms with E-state index in [2.05, 4.69) is 10.3 Å². The molecule has 0 aromatic carbocycles. The fourth-order valence-electron chi connectivity index (χ4n) is 3.07. The van der Waals surface area contributed by atoms with Gasteiger partial charge >= 0.3 is 0 Å². The summed E-state index contributed by atoms with van der Waals surface area (Å²) in [6.45, 7) is 2.01. The Morgan fingerprint density at radius 1 is 1.33 bits per heavy atom. The second kappa shape index (κ2) is 9.41. The van der Waals surface area contributed by atoms with Gasteiger partial charge in [-0.25, -0.2) is 4.98 Å². The van der Waals surface area contributed by atoms with Gasteiger partial charge in [-0.2, -0.15) is 0 Å². The SMILES string of the molecule is CSc1ncccc1C(=O)N1CCC(CNC(=O)C=Cc2ccco2)CC1. The van der Waals surface area contributed by atoms with Crippen LogP contribution in [0.15, 0.2) is 52.2 Å². The highest BCUT2D eigenvalue weighted by atomic mass is 32.2. The molecule has 2 amide bonds. The summed E-state index contributed by atoms with van der Waals surface area (Å²) in [5.74, 6) is 0.933. The van der Waals surface area contributed by atoms with Crippen LogP contribution in [-0.4, -0.2) is 47.6 Å². The summed E-state index contributed by atoms with van der Waals surface area (Å²) in [7, 11) is 0. The van der Waals surface area contributed by atoms with Crippen molar-refractivity contribution in [1.82, 2.24) is 15.2 Å². The average Bonchev–Trinajstić information content (AvgIpc) is 3.24. The quantitative estimate of drug-likeness (QED) is 0.611. The summed E-state index contributed by atoms with van der Waals surface area (Å²) in [6.07, 6.45) is 10.1. The fraction of sp³-hybridized carbons (Fsp3) is 0.350. The number of hydrogen-bond donors (Lipinski definition) is 1. The molecule has 0 spiro atoms. The van der Waals surface area contributed by atoms with Crippen LogP contribution in [0.3, 0.4) is 0 Å². The molecule has 1 saturated heterocycles. The molecule has 0 saturated carbocycles. The lowest BCUT2D eigenvalue weighted by molar-refractivity contribution is -0.116. The molecule has 0 atom stereocenters. The number of furan rings is 1. The Hall–Kier alpha value is -2.54. The first-order valence-electron chi connectivity index (χ1n) is 8.95. The summed E-state index contributed by atoms with van der Waals surface area (Å²) in [4.78, 5) is 30.8. The fourth-order valence-corrected chi connectivity index (χ4v) is 3.62. The van der Waals surface area contributed by atoms with Crippen LogP contribution in [-0.2, 0) is 4.79 Å². The lowest BCUT2D eigenvalue weighted by Crippen LogP contribution is -2.41. The molecule has 1 aliphatic heterocycles. The largest absolute Gasteiger partial charge is 0.465 e. The van der Waals surface area contributed by atoms with Gasteiger partial charge in [0, 0.05) is 31.9 Å². The molecule has 3 heterocycles. The molecular weight excluding hydrogens is 362 g/mol. The highest BCUT2D eigenvalue weighted by Gasteiger charge is 2.25. The van der Waals surface area contributed by atoms with Crippen LogP contribution in [0.4, 0.5) is 0 Å². The number of pyridine rings is 1. The van der Waals surface area contributed by atoms with Gasteiger partial charge in [-0.05, 0) is 55.4 Å². The Balaban J connectivity index is 1.45. The zero-order chi connectivity index (χ0) is 19.1. The molecule has 1 N–H and O–H groups in total. The van der Waals surface area contributed by atoms with E-state index < -0.39 is 0 Å². The number of nitrogens with zero attached hydrogens (tertiary/aromatic N) is 2. The molecule has 0 radical (unpaired) electrons. The monoisotopic (exact) mass is 385 g/mol. The Bertz CT molecular complexity index is 797. The van der Waals surface area contributed by atoms with Crippen LogP contribution in [0.2, 0.25) is 0 Å². The topological polar surface area (TPSA) is 75.4 Å². The first-order chi connectivity index (χ1) is 13.2. The summed E-state index contributed by atoms with van der Waals surface area (Å²) >= 11 is 1.48. The van der Waals surface area contributed by atoms with Gasteiger partial charge in [-0.3, -0.25) is 9.59 Å². The van der Waals surface area contributed by atoms with E-state index in [1.165, 1.54) is 17.8 Å². The molecule has 7 heteroatoms. The van der Waals surface area contributed by atoms with Gasteiger partial charge in [-0.15, -0.1) is 11.8 Å². The van der Waals surface area contributed by atoms with E-state index in [9.17, 15) is 9.59 Å². The zero-order valence-corrected chi connectivity index (χ0v) is 16.1. The maximum Gasteiger partial charge on any atom is 0.256 e. The molecular formula is C20H23N3O3S. The minimum Gasteiger partial charge on any atom is -0.465 e. The van der Waals surface area contributed by atoms with Crippen LogP contribution in [0.5, 0.6) is 0 Å². The second-order valence-corrected chi connectivity index (χ2v) is 7.18. The van der Waals surface area contributed by atoms with Crippen LogP contribution in [0, 0.1) is 5.92 Å². The van der Waals surface area contributed by atoms with Crippen molar-refractivity contribution in [3.05, 3.63) is 54.1 Å². The number of hydrogen-bond acceptors (Lipinski definition) is 5. The minimum atomic E-state index is -0.134. The summed E-state index contributed by atoms with van der Waals surface area (Å²) in [6, 6.07) is 7.20. The summed E-state index contributed by atoms with van der Waals surface area (Å²) in [5.41, 5.74) is 0.666. The van der Waals surface area contributed by atoms with E-state index in [0.717, 1.165) is 17.9 Å². The lowest BCUT2D eigenvalue weighted by Gasteiger charge is -2.32. The molecule has 0 bridgehead atoms. The third-order valence-corrected chi connectivity index (χ3v) is 5.32. The van der Waals surface area contributed by atoms with Crippen molar-refractivity contribution in [3.63, 3.8) is 0 Å². The maximum absolute atomic E-state index is 12.7. The smallest absolute Gasteiger partial charge is 0.256 e. The predicted molar refractivity (Wildman–Crippen MR) is 105 cm³/mol. The normalized spacial score (nSPS) is 15.2. The van der Waals surface area contributed by atoms with E-state index in [-0.39, 0.29) is 11.8 Å². The Morgan fingerprint density at radius 2 is 2.15 bits per heavy atom. The number of aromatic nitrogens is 1. The van der Waals surface area contributed by atoms with Crippen LogP contribution in [0.1, 0.15) is 29.0 Å². The number of carbonyl (C=O) groups is 2. The molecule has 27 heavy (non-hydrogen) atoms. The average molecular weight is 385 g/mol. The number of piperidine rings is 1. The molecule has 2 aromatic heterocycles. The standard InChI is InChI=1S/C20H23N3O3S/c1-27-19-17(5-2-10-21-19)20(25)23-11-8-15(9-12-23)14-22-18(24)7-6-16-4-3-13-26-16/h2-7,10,13,15H,8-9,11-12,14H2,1H3,(H,22,24). The molecule has 0 unspecified atom stereocenters. The molecule has 6 nitrogen and oxygen atoms in total. The number of carbonyl (C=O) groups excluding carboxylic acids is 2. The second-order valence-electron chi connectivity index (χ2n) is 6.39. The van der Waals surface area contributed by atoms with Crippen LogP contribution >= 0.6 is 11.8 Å².